The molecule has 1 aromatic heterocycles. The van der Waals surface area contributed by atoms with Crippen LogP contribution in [0.2, 0.25) is 0 Å². The Bertz CT molecular complexity index is 947. The van der Waals surface area contributed by atoms with Gasteiger partial charge >= 0.3 is 6.01 Å². The Kier molecular flexibility index (Phi) is 6.46. The normalized spacial score (nSPS) is 17.4. The minimum Gasteiger partial charge on any atom is -0.458 e. The SMILES string of the molecule is CC(C)S(=O)(=O)c1ccc(CC(=O)N2CCCC(Oc3ncc(F)cn3)C2)cc1. The number of rotatable bonds is 6. The number of benzene rings is 1. The van der Waals surface area contributed by atoms with E-state index in [2.05, 4.69) is 9.97 Å². The van der Waals surface area contributed by atoms with Crippen molar-refractivity contribution >= 4 is 15.7 Å². The number of nitrogens with zero attached hydrogens (tertiary/aromatic N) is 3. The maximum absolute atomic E-state index is 12.9. The number of hydrogen-bond acceptors (Lipinski definition) is 6. The number of carbonyl (C=O) groups is 1. The first-order valence-electron chi connectivity index (χ1n) is 9.50. The lowest BCUT2D eigenvalue weighted by molar-refractivity contribution is -0.133. The Labute approximate surface area is 169 Å². The summed E-state index contributed by atoms with van der Waals surface area (Å²) in [6, 6.07) is 6.54. The predicted molar refractivity (Wildman–Crippen MR) is 105 cm³/mol. The summed E-state index contributed by atoms with van der Waals surface area (Å²) in [5.41, 5.74) is 0.752. The summed E-state index contributed by atoms with van der Waals surface area (Å²) in [5.74, 6) is -0.595. The molecule has 29 heavy (non-hydrogen) atoms. The van der Waals surface area contributed by atoms with E-state index < -0.39 is 20.9 Å². The van der Waals surface area contributed by atoms with Gasteiger partial charge in [-0.1, -0.05) is 12.1 Å². The molecule has 1 unspecified atom stereocenters. The third-order valence-corrected chi connectivity index (χ3v) is 7.00. The molecule has 3 rings (SSSR count). The highest BCUT2D eigenvalue weighted by atomic mass is 32.2. The molecule has 1 atom stereocenters. The van der Waals surface area contributed by atoms with Gasteiger partial charge in [-0.25, -0.2) is 22.8 Å². The van der Waals surface area contributed by atoms with E-state index in [0.29, 0.717) is 13.1 Å². The van der Waals surface area contributed by atoms with Crippen molar-refractivity contribution in [3.05, 3.63) is 48.0 Å². The zero-order valence-corrected chi connectivity index (χ0v) is 17.2. The van der Waals surface area contributed by atoms with Gasteiger partial charge in [0.15, 0.2) is 15.7 Å². The Morgan fingerprint density at radius 3 is 2.52 bits per heavy atom. The Hall–Kier alpha value is -2.55. The summed E-state index contributed by atoms with van der Waals surface area (Å²) in [6.45, 7) is 4.30. The molecule has 0 radical (unpaired) electrons. The molecule has 7 nitrogen and oxygen atoms in total. The zero-order chi connectivity index (χ0) is 21.0. The van der Waals surface area contributed by atoms with Gasteiger partial charge in [0, 0.05) is 6.54 Å². The van der Waals surface area contributed by atoms with Gasteiger partial charge in [0.25, 0.3) is 0 Å². The Balaban J connectivity index is 1.59. The maximum Gasteiger partial charge on any atom is 0.316 e. The van der Waals surface area contributed by atoms with Gasteiger partial charge < -0.3 is 9.64 Å². The lowest BCUT2D eigenvalue weighted by Crippen LogP contribution is -2.45. The van der Waals surface area contributed by atoms with Gasteiger partial charge in [-0.15, -0.1) is 0 Å². The number of ether oxygens (including phenoxy) is 1. The van der Waals surface area contributed by atoms with Gasteiger partial charge in [-0.2, -0.15) is 0 Å². The number of likely N-dealkylation sites (tertiary alicyclic amines) is 1. The second-order valence-electron chi connectivity index (χ2n) is 7.32. The highest BCUT2D eigenvalue weighted by molar-refractivity contribution is 7.92. The largest absolute Gasteiger partial charge is 0.458 e. The van der Waals surface area contributed by atoms with Crippen molar-refractivity contribution in [3.63, 3.8) is 0 Å². The van der Waals surface area contributed by atoms with E-state index in [4.69, 9.17) is 4.74 Å². The van der Waals surface area contributed by atoms with E-state index >= 15 is 0 Å². The maximum atomic E-state index is 12.9. The number of halogens is 1. The van der Waals surface area contributed by atoms with E-state index in [0.717, 1.165) is 30.8 Å². The smallest absolute Gasteiger partial charge is 0.316 e. The van der Waals surface area contributed by atoms with Crippen LogP contribution in [0.25, 0.3) is 0 Å². The number of carbonyl (C=O) groups excluding carboxylic acids is 1. The van der Waals surface area contributed by atoms with Crippen molar-refractivity contribution in [3.8, 4) is 6.01 Å². The molecule has 1 aromatic carbocycles. The first-order valence-corrected chi connectivity index (χ1v) is 11.0. The average Bonchev–Trinajstić information content (AvgIpc) is 2.70. The monoisotopic (exact) mass is 421 g/mol. The third kappa shape index (κ3) is 5.29. The standard InChI is InChI=1S/C20H24FN3O4S/c1-14(2)29(26,27)18-7-5-15(6-8-18)10-19(25)24-9-3-4-17(13-24)28-20-22-11-16(21)12-23-20/h5-8,11-12,14,17H,3-4,9-10,13H2,1-2H3. The fraction of sp³-hybridized carbons (Fsp3) is 0.450. The van der Waals surface area contributed by atoms with Crippen molar-refractivity contribution in [2.45, 2.75) is 49.4 Å². The number of hydrogen-bond donors (Lipinski definition) is 0. The minimum atomic E-state index is -3.33. The number of aromatic nitrogens is 2. The van der Waals surface area contributed by atoms with E-state index in [-0.39, 0.29) is 29.3 Å². The van der Waals surface area contributed by atoms with Gasteiger partial charge in [0.2, 0.25) is 5.91 Å². The van der Waals surface area contributed by atoms with Crippen LogP contribution >= 0.6 is 0 Å². The molecule has 0 aliphatic carbocycles. The van der Waals surface area contributed by atoms with Crippen molar-refractivity contribution in [1.82, 2.24) is 14.9 Å². The van der Waals surface area contributed by atoms with E-state index in [1.54, 1.807) is 43.0 Å². The highest BCUT2D eigenvalue weighted by Crippen LogP contribution is 2.19. The van der Waals surface area contributed by atoms with Crippen LogP contribution in [0.3, 0.4) is 0 Å². The number of piperidine rings is 1. The molecule has 156 valence electrons. The van der Waals surface area contributed by atoms with E-state index in [1.165, 1.54) is 0 Å². The Morgan fingerprint density at radius 1 is 1.24 bits per heavy atom. The first kappa shape index (κ1) is 21.2. The molecule has 1 saturated heterocycles. The second-order valence-corrected chi connectivity index (χ2v) is 9.82. The quantitative estimate of drug-likeness (QED) is 0.712. The zero-order valence-electron chi connectivity index (χ0n) is 16.4. The van der Waals surface area contributed by atoms with Crippen molar-refractivity contribution in [2.75, 3.05) is 13.1 Å². The predicted octanol–water partition coefficient (Wildman–Crippen LogP) is 2.41. The fourth-order valence-electron chi connectivity index (χ4n) is 3.13. The van der Waals surface area contributed by atoms with Gasteiger partial charge in [-0.3, -0.25) is 4.79 Å². The summed E-state index contributed by atoms with van der Waals surface area (Å²) in [6.07, 6.45) is 3.54. The van der Waals surface area contributed by atoms with Gasteiger partial charge in [-0.05, 0) is 44.4 Å². The summed E-state index contributed by atoms with van der Waals surface area (Å²) < 4.78 is 43.0. The third-order valence-electron chi connectivity index (χ3n) is 4.83. The second kappa shape index (κ2) is 8.86. The summed E-state index contributed by atoms with van der Waals surface area (Å²) in [4.78, 5) is 22.2. The van der Waals surface area contributed by atoms with Gasteiger partial charge in [0.1, 0.15) is 6.10 Å². The molecule has 1 amide bonds. The lowest BCUT2D eigenvalue weighted by Gasteiger charge is -2.32. The van der Waals surface area contributed by atoms with Crippen molar-refractivity contribution < 1.29 is 22.3 Å². The van der Waals surface area contributed by atoms with Crippen LogP contribution in [-0.4, -0.2) is 53.6 Å². The van der Waals surface area contributed by atoms with Crippen LogP contribution in [0.5, 0.6) is 6.01 Å². The van der Waals surface area contributed by atoms with Crippen LogP contribution < -0.4 is 4.74 Å². The topological polar surface area (TPSA) is 89.5 Å². The average molecular weight is 421 g/mol. The highest BCUT2D eigenvalue weighted by Gasteiger charge is 2.26. The molecule has 9 heteroatoms. The molecule has 0 spiro atoms. The van der Waals surface area contributed by atoms with Crippen LogP contribution in [0.1, 0.15) is 32.3 Å². The Morgan fingerprint density at radius 2 is 1.90 bits per heavy atom. The molecular formula is C20H24FN3O4S. The number of sulfone groups is 1. The van der Waals surface area contributed by atoms with Gasteiger partial charge in [0.05, 0.1) is 35.5 Å². The molecule has 2 heterocycles. The molecule has 2 aromatic rings. The molecule has 1 aliphatic heterocycles. The molecular weight excluding hydrogens is 397 g/mol. The van der Waals surface area contributed by atoms with Crippen molar-refractivity contribution in [1.29, 1.82) is 0 Å². The van der Waals surface area contributed by atoms with Crippen LogP contribution in [0.15, 0.2) is 41.6 Å². The van der Waals surface area contributed by atoms with E-state index in [9.17, 15) is 17.6 Å². The summed E-state index contributed by atoms with van der Waals surface area (Å²) >= 11 is 0. The molecule has 1 aliphatic rings. The van der Waals surface area contributed by atoms with Crippen LogP contribution in [-0.2, 0) is 21.1 Å². The first-order chi connectivity index (χ1) is 13.8. The number of amides is 1. The molecule has 1 fully saturated rings. The summed E-state index contributed by atoms with van der Waals surface area (Å²) in [7, 11) is -3.33. The molecule has 0 N–H and O–H groups in total. The minimum absolute atomic E-state index is 0.0576. The van der Waals surface area contributed by atoms with Crippen molar-refractivity contribution in [2.24, 2.45) is 0 Å². The lowest BCUT2D eigenvalue weighted by atomic mass is 10.1. The van der Waals surface area contributed by atoms with E-state index in [1.807, 2.05) is 0 Å². The molecule has 0 saturated carbocycles. The fourth-order valence-corrected chi connectivity index (χ4v) is 4.19. The van der Waals surface area contributed by atoms with Crippen LogP contribution in [0, 0.1) is 5.82 Å². The summed E-state index contributed by atoms with van der Waals surface area (Å²) in [5, 5.41) is -0.495. The molecule has 0 bridgehead atoms. The van der Waals surface area contributed by atoms with Crippen LogP contribution in [0.4, 0.5) is 4.39 Å².